The molecule has 0 unspecified atom stereocenters. The molecule has 0 aromatic heterocycles. The van der Waals surface area contributed by atoms with E-state index in [2.05, 4.69) is 10.1 Å². The molecule has 19 heavy (non-hydrogen) atoms. The van der Waals surface area contributed by atoms with Crippen LogP contribution in [0.15, 0.2) is 24.3 Å². The molecule has 100 valence electrons. The van der Waals surface area contributed by atoms with Gasteiger partial charge in [0.1, 0.15) is 6.07 Å². The molecule has 0 saturated carbocycles. The van der Waals surface area contributed by atoms with Crippen molar-refractivity contribution in [1.29, 1.82) is 5.26 Å². The second-order valence-corrected chi connectivity index (χ2v) is 4.69. The van der Waals surface area contributed by atoms with E-state index < -0.39 is 0 Å². The molecule has 1 rings (SSSR count). The van der Waals surface area contributed by atoms with E-state index in [0.717, 1.165) is 0 Å². The molecule has 6 heteroatoms. The van der Waals surface area contributed by atoms with Crippen molar-refractivity contribution in [3.8, 4) is 6.07 Å². The minimum atomic E-state index is -0.305. The zero-order chi connectivity index (χ0) is 14.1. The summed E-state index contributed by atoms with van der Waals surface area (Å²) in [6.45, 7) is 0. The summed E-state index contributed by atoms with van der Waals surface area (Å²) < 4.78 is 4.49. The molecule has 0 aliphatic rings. The van der Waals surface area contributed by atoms with Gasteiger partial charge in [-0.2, -0.15) is 5.26 Å². The first-order valence-corrected chi connectivity index (χ1v) is 6.76. The number of ether oxygens (including phenoxy) is 1. The standard InChI is InChI=1S/C13H14N2O3S/c1-18-13(17)9-19-7-6-12(16)15-11-5-3-2-4-10(11)8-14/h2-5H,6-7,9H2,1H3,(H,15,16). The quantitative estimate of drug-likeness (QED) is 0.634. The number of para-hydroxylation sites is 1. The number of methoxy groups -OCH3 is 1. The van der Waals surface area contributed by atoms with E-state index in [0.29, 0.717) is 17.0 Å². The first-order chi connectivity index (χ1) is 9.17. The highest BCUT2D eigenvalue weighted by atomic mass is 32.2. The maximum Gasteiger partial charge on any atom is 0.315 e. The molecule has 0 fully saturated rings. The highest BCUT2D eigenvalue weighted by molar-refractivity contribution is 7.99. The molecular formula is C13H14N2O3S. The number of anilines is 1. The van der Waals surface area contributed by atoms with E-state index in [1.165, 1.54) is 18.9 Å². The van der Waals surface area contributed by atoms with Gasteiger partial charge in [-0.3, -0.25) is 9.59 Å². The fourth-order valence-corrected chi connectivity index (χ4v) is 2.04. The van der Waals surface area contributed by atoms with Crippen LogP contribution in [-0.4, -0.2) is 30.5 Å². The van der Waals surface area contributed by atoms with Crippen molar-refractivity contribution in [2.45, 2.75) is 6.42 Å². The van der Waals surface area contributed by atoms with Gasteiger partial charge in [0.05, 0.1) is 24.1 Å². The van der Waals surface area contributed by atoms with Gasteiger partial charge in [0.15, 0.2) is 0 Å². The highest BCUT2D eigenvalue weighted by Crippen LogP contribution is 2.14. The Bertz CT molecular complexity index is 497. The fraction of sp³-hybridized carbons (Fsp3) is 0.308. The molecule has 1 aromatic carbocycles. The Hall–Kier alpha value is -2.00. The zero-order valence-electron chi connectivity index (χ0n) is 10.5. The molecule has 0 atom stereocenters. The second-order valence-electron chi connectivity index (χ2n) is 3.58. The van der Waals surface area contributed by atoms with Crippen molar-refractivity contribution in [3.05, 3.63) is 29.8 Å². The molecule has 0 aliphatic heterocycles. The number of nitriles is 1. The molecule has 0 heterocycles. The van der Waals surface area contributed by atoms with Gasteiger partial charge < -0.3 is 10.1 Å². The number of amides is 1. The summed E-state index contributed by atoms with van der Waals surface area (Å²) in [6.07, 6.45) is 0.279. The number of esters is 1. The van der Waals surface area contributed by atoms with Crippen LogP contribution >= 0.6 is 11.8 Å². The topological polar surface area (TPSA) is 79.2 Å². The van der Waals surface area contributed by atoms with Crippen LogP contribution in [0.25, 0.3) is 0 Å². The van der Waals surface area contributed by atoms with Crippen LogP contribution in [0.1, 0.15) is 12.0 Å². The SMILES string of the molecule is COC(=O)CSCCC(=O)Nc1ccccc1C#N. The van der Waals surface area contributed by atoms with Crippen molar-refractivity contribution in [1.82, 2.24) is 0 Å². The van der Waals surface area contributed by atoms with Gasteiger partial charge in [0.25, 0.3) is 0 Å². The molecular weight excluding hydrogens is 264 g/mol. The third-order valence-electron chi connectivity index (χ3n) is 2.24. The summed E-state index contributed by atoms with van der Waals surface area (Å²) in [5.41, 5.74) is 0.936. The van der Waals surface area contributed by atoms with E-state index in [1.54, 1.807) is 24.3 Å². The first kappa shape index (κ1) is 15.1. The Kier molecular flexibility index (Phi) is 6.47. The lowest BCUT2D eigenvalue weighted by Crippen LogP contribution is -2.13. The van der Waals surface area contributed by atoms with Crippen molar-refractivity contribution in [2.24, 2.45) is 0 Å². The van der Waals surface area contributed by atoms with Gasteiger partial charge >= 0.3 is 5.97 Å². The number of carbonyl (C=O) groups is 2. The summed E-state index contributed by atoms with van der Waals surface area (Å²) in [5.74, 6) is 0.272. The van der Waals surface area contributed by atoms with Gasteiger partial charge in [-0.1, -0.05) is 12.1 Å². The number of thioether (sulfide) groups is 1. The van der Waals surface area contributed by atoms with Gasteiger partial charge in [-0.05, 0) is 12.1 Å². The van der Waals surface area contributed by atoms with E-state index in [-0.39, 0.29) is 24.1 Å². The van der Waals surface area contributed by atoms with Crippen LogP contribution in [0.2, 0.25) is 0 Å². The summed E-state index contributed by atoms with van der Waals surface area (Å²) in [6, 6.07) is 8.82. The average molecular weight is 278 g/mol. The van der Waals surface area contributed by atoms with Gasteiger partial charge in [0, 0.05) is 12.2 Å². The number of hydrogen-bond acceptors (Lipinski definition) is 5. The van der Waals surface area contributed by atoms with Crippen LogP contribution in [0.4, 0.5) is 5.69 Å². The maximum atomic E-state index is 11.6. The third-order valence-corrected chi connectivity index (χ3v) is 3.18. The van der Waals surface area contributed by atoms with Gasteiger partial charge in [-0.25, -0.2) is 0 Å². The maximum absolute atomic E-state index is 11.6. The monoisotopic (exact) mass is 278 g/mol. The van der Waals surface area contributed by atoms with Crippen LogP contribution in [-0.2, 0) is 14.3 Å². The Morgan fingerprint density at radius 2 is 2.16 bits per heavy atom. The number of nitrogens with zero attached hydrogens (tertiary/aromatic N) is 1. The number of carbonyl (C=O) groups excluding carboxylic acids is 2. The highest BCUT2D eigenvalue weighted by Gasteiger charge is 2.07. The van der Waals surface area contributed by atoms with Crippen molar-refractivity contribution >= 4 is 29.3 Å². The summed E-state index contributed by atoms with van der Waals surface area (Å²) in [4.78, 5) is 22.5. The average Bonchev–Trinajstić information content (AvgIpc) is 2.43. The predicted octanol–water partition coefficient (Wildman–Crippen LogP) is 1.79. The minimum Gasteiger partial charge on any atom is -0.468 e. The number of hydrogen-bond donors (Lipinski definition) is 1. The number of rotatable bonds is 6. The van der Waals surface area contributed by atoms with E-state index in [4.69, 9.17) is 5.26 Å². The van der Waals surface area contributed by atoms with Crippen molar-refractivity contribution in [3.63, 3.8) is 0 Å². The van der Waals surface area contributed by atoms with Crippen LogP contribution < -0.4 is 5.32 Å². The lowest BCUT2D eigenvalue weighted by molar-refractivity contribution is -0.137. The predicted molar refractivity (Wildman–Crippen MR) is 73.7 cm³/mol. The summed E-state index contributed by atoms with van der Waals surface area (Å²) >= 11 is 1.33. The van der Waals surface area contributed by atoms with E-state index in [9.17, 15) is 9.59 Å². The van der Waals surface area contributed by atoms with Crippen LogP contribution in [0, 0.1) is 11.3 Å². The van der Waals surface area contributed by atoms with Gasteiger partial charge in [-0.15, -0.1) is 11.8 Å². The Morgan fingerprint density at radius 3 is 2.84 bits per heavy atom. The van der Waals surface area contributed by atoms with E-state index >= 15 is 0 Å². The summed E-state index contributed by atoms with van der Waals surface area (Å²) in [5, 5.41) is 11.5. The Balaban J connectivity index is 2.36. The lowest BCUT2D eigenvalue weighted by Gasteiger charge is -2.06. The smallest absolute Gasteiger partial charge is 0.315 e. The largest absolute Gasteiger partial charge is 0.468 e. The second kappa shape index (κ2) is 8.16. The minimum absolute atomic E-state index is 0.180. The first-order valence-electron chi connectivity index (χ1n) is 5.61. The van der Waals surface area contributed by atoms with Crippen molar-refractivity contribution < 1.29 is 14.3 Å². The molecule has 1 aromatic rings. The Labute approximate surface area is 115 Å². The molecule has 0 radical (unpaired) electrons. The lowest BCUT2D eigenvalue weighted by atomic mass is 10.2. The molecule has 5 nitrogen and oxygen atoms in total. The number of nitrogens with one attached hydrogen (secondary N) is 1. The zero-order valence-corrected chi connectivity index (χ0v) is 11.3. The molecule has 0 saturated heterocycles. The summed E-state index contributed by atoms with van der Waals surface area (Å²) in [7, 11) is 1.33. The van der Waals surface area contributed by atoms with Gasteiger partial charge in [0.2, 0.25) is 5.91 Å². The fourth-order valence-electron chi connectivity index (χ4n) is 1.28. The Morgan fingerprint density at radius 1 is 1.42 bits per heavy atom. The number of benzene rings is 1. The molecule has 0 bridgehead atoms. The van der Waals surface area contributed by atoms with E-state index in [1.807, 2.05) is 6.07 Å². The third kappa shape index (κ3) is 5.44. The molecule has 1 amide bonds. The van der Waals surface area contributed by atoms with Crippen LogP contribution in [0.3, 0.4) is 0 Å². The molecule has 0 aliphatic carbocycles. The van der Waals surface area contributed by atoms with Crippen LogP contribution in [0.5, 0.6) is 0 Å². The molecule has 1 N–H and O–H groups in total. The van der Waals surface area contributed by atoms with Crippen molar-refractivity contribution in [2.75, 3.05) is 23.9 Å². The normalized spacial score (nSPS) is 9.47. The molecule has 0 spiro atoms.